The minimum absolute atomic E-state index is 0.292. The first-order chi connectivity index (χ1) is 10.1. The lowest BCUT2D eigenvalue weighted by Gasteiger charge is -2.06. The fourth-order valence-electron chi connectivity index (χ4n) is 1.66. The lowest BCUT2D eigenvalue weighted by atomic mass is 10.1. The molecule has 6 heteroatoms. The fourth-order valence-corrected chi connectivity index (χ4v) is 1.66. The Morgan fingerprint density at radius 3 is 2.48 bits per heavy atom. The van der Waals surface area contributed by atoms with Crippen molar-refractivity contribution in [3.05, 3.63) is 60.0 Å². The molecule has 0 aliphatic heterocycles. The Morgan fingerprint density at radius 2 is 1.81 bits per heavy atom. The standard InChI is InChI=1S/C15H14FN3O2/c16-12-6-4-11(5-7-12)8-10-18-14(20)15(21)19-13-3-1-2-9-17-13/h1-7,9H,8,10H2,(H,18,20)(H,17,19,21). The van der Waals surface area contributed by atoms with Crippen LogP contribution in [-0.2, 0) is 16.0 Å². The van der Waals surface area contributed by atoms with E-state index in [4.69, 9.17) is 0 Å². The number of halogens is 1. The second kappa shape index (κ2) is 7.14. The Bertz CT molecular complexity index is 615. The molecule has 0 fully saturated rings. The van der Waals surface area contributed by atoms with Gasteiger partial charge in [0.15, 0.2) is 0 Å². The first-order valence-corrected chi connectivity index (χ1v) is 6.40. The number of nitrogens with one attached hydrogen (secondary N) is 2. The van der Waals surface area contributed by atoms with Crippen LogP contribution in [0.1, 0.15) is 5.56 Å². The minimum atomic E-state index is -0.771. The molecule has 0 aliphatic carbocycles. The summed E-state index contributed by atoms with van der Waals surface area (Å²) >= 11 is 0. The number of aromatic nitrogens is 1. The summed E-state index contributed by atoms with van der Waals surface area (Å²) in [7, 11) is 0. The summed E-state index contributed by atoms with van der Waals surface area (Å²) in [6.45, 7) is 0.292. The van der Waals surface area contributed by atoms with Gasteiger partial charge in [-0.1, -0.05) is 18.2 Å². The summed E-state index contributed by atoms with van der Waals surface area (Å²) in [5.41, 5.74) is 0.877. The number of pyridine rings is 1. The normalized spacial score (nSPS) is 9.95. The number of hydrogen-bond donors (Lipinski definition) is 2. The topological polar surface area (TPSA) is 71.1 Å². The lowest BCUT2D eigenvalue weighted by Crippen LogP contribution is -2.36. The number of carbonyl (C=O) groups is 2. The highest BCUT2D eigenvalue weighted by Crippen LogP contribution is 2.03. The molecule has 2 rings (SSSR count). The van der Waals surface area contributed by atoms with Crippen molar-refractivity contribution in [3.8, 4) is 0 Å². The van der Waals surface area contributed by atoms with Crippen LogP contribution >= 0.6 is 0 Å². The number of amides is 2. The van der Waals surface area contributed by atoms with E-state index < -0.39 is 11.8 Å². The number of anilines is 1. The SMILES string of the molecule is O=C(NCCc1ccc(F)cc1)C(=O)Nc1ccccn1. The predicted molar refractivity (Wildman–Crippen MR) is 76.0 cm³/mol. The van der Waals surface area contributed by atoms with Gasteiger partial charge < -0.3 is 10.6 Å². The van der Waals surface area contributed by atoms with E-state index in [9.17, 15) is 14.0 Å². The van der Waals surface area contributed by atoms with Crippen LogP contribution in [-0.4, -0.2) is 23.3 Å². The molecule has 0 aliphatic rings. The van der Waals surface area contributed by atoms with Crippen molar-refractivity contribution in [2.24, 2.45) is 0 Å². The van der Waals surface area contributed by atoms with E-state index in [-0.39, 0.29) is 5.82 Å². The van der Waals surface area contributed by atoms with Crippen molar-refractivity contribution in [1.82, 2.24) is 10.3 Å². The zero-order valence-electron chi connectivity index (χ0n) is 11.2. The summed E-state index contributed by atoms with van der Waals surface area (Å²) in [4.78, 5) is 27.1. The lowest BCUT2D eigenvalue weighted by molar-refractivity contribution is -0.136. The molecular weight excluding hydrogens is 273 g/mol. The van der Waals surface area contributed by atoms with Gasteiger partial charge in [-0.2, -0.15) is 0 Å². The van der Waals surface area contributed by atoms with Gasteiger partial charge in [0.05, 0.1) is 0 Å². The molecule has 0 unspecified atom stereocenters. The molecule has 0 spiro atoms. The quantitative estimate of drug-likeness (QED) is 0.838. The molecule has 1 aromatic heterocycles. The molecule has 0 radical (unpaired) electrons. The second-order valence-corrected chi connectivity index (χ2v) is 4.30. The van der Waals surface area contributed by atoms with Crippen LogP contribution in [0.2, 0.25) is 0 Å². The van der Waals surface area contributed by atoms with Crippen molar-refractivity contribution in [3.63, 3.8) is 0 Å². The van der Waals surface area contributed by atoms with E-state index in [0.717, 1.165) is 5.56 Å². The zero-order valence-corrected chi connectivity index (χ0v) is 11.2. The van der Waals surface area contributed by atoms with Gasteiger partial charge in [-0.3, -0.25) is 9.59 Å². The van der Waals surface area contributed by atoms with Crippen molar-refractivity contribution < 1.29 is 14.0 Å². The zero-order chi connectivity index (χ0) is 15.1. The highest BCUT2D eigenvalue weighted by Gasteiger charge is 2.13. The average Bonchev–Trinajstić information content (AvgIpc) is 2.50. The molecule has 2 N–H and O–H groups in total. The minimum Gasteiger partial charge on any atom is -0.347 e. The fraction of sp³-hybridized carbons (Fsp3) is 0.133. The Morgan fingerprint density at radius 1 is 1.05 bits per heavy atom. The first-order valence-electron chi connectivity index (χ1n) is 6.40. The van der Waals surface area contributed by atoms with E-state index in [1.807, 2.05) is 0 Å². The number of rotatable bonds is 4. The maximum Gasteiger partial charge on any atom is 0.314 e. The Hall–Kier alpha value is -2.76. The van der Waals surface area contributed by atoms with Crippen molar-refractivity contribution in [2.45, 2.75) is 6.42 Å². The maximum atomic E-state index is 12.7. The van der Waals surface area contributed by atoms with E-state index >= 15 is 0 Å². The number of carbonyl (C=O) groups excluding carboxylic acids is 2. The van der Waals surface area contributed by atoms with Crippen LogP contribution in [0.4, 0.5) is 10.2 Å². The number of nitrogens with zero attached hydrogens (tertiary/aromatic N) is 1. The third kappa shape index (κ3) is 4.68. The smallest absolute Gasteiger partial charge is 0.314 e. The summed E-state index contributed by atoms with van der Waals surface area (Å²) < 4.78 is 12.7. The first kappa shape index (κ1) is 14.6. The summed E-state index contributed by atoms with van der Waals surface area (Å²) in [6, 6.07) is 11.0. The van der Waals surface area contributed by atoms with Crippen molar-refractivity contribution in [1.29, 1.82) is 0 Å². The Kier molecular flexibility index (Phi) is 4.98. The molecule has 0 saturated carbocycles. The van der Waals surface area contributed by atoms with Gasteiger partial charge in [-0.15, -0.1) is 0 Å². The number of hydrogen-bond acceptors (Lipinski definition) is 3. The van der Waals surface area contributed by atoms with Crippen LogP contribution in [0.3, 0.4) is 0 Å². The third-order valence-corrected chi connectivity index (χ3v) is 2.73. The molecular formula is C15H14FN3O2. The van der Waals surface area contributed by atoms with Crippen molar-refractivity contribution in [2.75, 3.05) is 11.9 Å². The number of benzene rings is 1. The largest absolute Gasteiger partial charge is 0.347 e. The van der Waals surface area contributed by atoms with Gasteiger partial charge in [-0.25, -0.2) is 9.37 Å². The van der Waals surface area contributed by atoms with Crippen LogP contribution in [0, 0.1) is 5.82 Å². The van der Waals surface area contributed by atoms with E-state index in [1.165, 1.54) is 18.3 Å². The van der Waals surface area contributed by atoms with Gasteiger partial charge in [0, 0.05) is 12.7 Å². The highest BCUT2D eigenvalue weighted by molar-refractivity contribution is 6.39. The van der Waals surface area contributed by atoms with Crippen LogP contribution in [0.15, 0.2) is 48.7 Å². The van der Waals surface area contributed by atoms with E-state index in [0.29, 0.717) is 18.8 Å². The van der Waals surface area contributed by atoms with Gasteiger partial charge in [0.2, 0.25) is 0 Å². The summed E-state index contributed by atoms with van der Waals surface area (Å²) in [6.07, 6.45) is 2.03. The average molecular weight is 287 g/mol. The van der Waals surface area contributed by atoms with Gasteiger partial charge in [0.25, 0.3) is 0 Å². The van der Waals surface area contributed by atoms with Gasteiger partial charge in [-0.05, 0) is 36.2 Å². The Balaban J connectivity index is 1.76. The van der Waals surface area contributed by atoms with Crippen LogP contribution in [0.25, 0.3) is 0 Å². The molecule has 5 nitrogen and oxygen atoms in total. The van der Waals surface area contributed by atoms with Crippen LogP contribution < -0.4 is 10.6 Å². The monoisotopic (exact) mass is 287 g/mol. The third-order valence-electron chi connectivity index (χ3n) is 2.73. The molecule has 21 heavy (non-hydrogen) atoms. The molecule has 1 heterocycles. The van der Waals surface area contributed by atoms with Gasteiger partial charge in [0.1, 0.15) is 11.6 Å². The molecule has 0 bridgehead atoms. The molecule has 108 valence electrons. The van der Waals surface area contributed by atoms with Crippen LogP contribution in [0.5, 0.6) is 0 Å². The summed E-state index contributed by atoms with van der Waals surface area (Å²) in [5, 5.41) is 4.88. The van der Waals surface area contributed by atoms with Gasteiger partial charge >= 0.3 is 11.8 Å². The molecule has 1 aromatic carbocycles. The predicted octanol–water partition coefficient (Wildman–Crippen LogP) is 1.52. The molecule has 2 amide bonds. The molecule has 0 atom stereocenters. The molecule has 2 aromatic rings. The van der Waals surface area contributed by atoms with E-state index in [1.54, 1.807) is 30.3 Å². The Labute approximate surface area is 121 Å². The highest BCUT2D eigenvalue weighted by atomic mass is 19.1. The van der Waals surface area contributed by atoms with E-state index in [2.05, 4.69) is 15.6 Å². The molecule has 0 saturated heterocycles. The van der Waals surface area contributed by atoms with Crippen molar-refractivity contribution >= 4 is 17.6 Å². The maximum absolute atomic E-state index is 12.7. The second-order valence-electron chi connectivity index (χ2n) is 4.30. The summed E-state index contributed by atoms with van der Waals surface area (Å²) in [5.74, 6) is -1.50.